The number of aryl methyl sites for hydroxylation is 2. The van der Waals surface area contributed by atoms with E-state index in [1.807, 2.05) is 0 Å². The molecule has 0 bridgehead atoms. The fourth-order valence-corrected chi connectivity index (χ4v) is 2.51. The molecule has 2 aromatic rings. The highest BCUT2D eigenvalue weighted by Crippen LogP contribution is 2.35. The van der Waals surface area contributed by atoms with Gasteiger partial charge in [0, 0.05) is 11.3 Å². The number of alkyl halides is 3. The Hall–Kier alpha value is -2.77. The van der Waals surface area contributed by atoms with Crippen molar-refractivity contribution in [3.63, 3.8) is 0 Å². The van der Waals surface area contributed by atoms with Gasteiger partial charge in [-0.05, 0) is 49.2 Å². The molecular formula is C17H16F4N2O2. The van der Waals surface area contributed by atoms with Gasteiger partial charge in [-0.3, -0.25) is 4.90 Å². The zero-order chi connectivity index (χ0) is 18.9. The molecule has 8 heteroatoms. The summed E-state index contributed by atoms with van der Waals surface area (Å²) in [7, 11) is 0. The van der Waals surface area contributed by atoms with Gasteiger partial charge < -0.3 is 10.8 Å². The monoisotopic (exact) mass is 356 g/mol. The molecule has 0 spiro atoms. The zero-order valence-electron chi connectivity index (χ0n) is 13.5. The Kier molecular flexibility index (Phi) is 4.92. The van der Waals surface area contributed by atoms with Crippen LogP contribution in [-0.2, 0) is 12.7 Å². The van der Waals surface area contributed by atoms with Crippen molar-refractivity contribution in [2.75, 3.05) is 10.6 Å². The predicted molar refractivity (Wildman–Crippen MR) is 85.9 cm³/mol. The van der Waals surface area contributed by atoms with E-state index < -0.39 is 35.8 Å². The number of hydrogen-bond acceptors (Lipinski definition) is 2. The summed E-state index contributed by atoms with van der Waals surface area (Å²) in [6.45, 7) is 2.44. The van der Waals surface area contributed by atoms with E-state index in [1.54, 1.807) is 13.8 Å². The van der Waals surface area contributed by atoms with Crippen LogP contribution in [0.2, 0.25) is 0 Å². The van der Waals surface area contributed by atoms with Crippen LogP contribution in [0.25, 0.3) is 0 Å². The largest absolute Gasteiger partial charge is 0.465 e. The molecule has 0 saturated carbocycles. The van der Waals surface area contributed by atoms with Crippen molar-refractivity contribution in [3.05, 3.63) is 58.4 Å². The second-order valence-electron chi connectivity index (χ2n) is 5.63. The van der Waals surface area contributed by atoms with Gasteiger partial charge in [0.05, 0.1) is 17.8 Å². The van der Waals surface area contributed by atoms with E-state index in [9.17, 15) is 27.5 Å². The average molecular weight is 356 g/mol. The minimum atomic E-state index is -4.80. The van der Waals surface area contributed by atoms with Gasteiger partial charge in [-0.2, -0.15) is 13.2 Å². The van der Waals surface area contributed by atoms with Gasteiger partial charge >= 0.3 is 12.3 Å². The van der Waals surface area contributed by atoms with E-state index in [0.717, 1.165) is 18.2 Å². The van der Waals surface area contributed by atoms with Gasteiger partial charge in [0.2, 0.25) is 0 Å². The second-order valence-corrected chi connectivity index (χ2v) is 5.63. The highest BCUT2D eigenvalue weighted by molar-refractivity contribution is 5.88. The van der Waals surface area contributed by atoms with Crippen molar-refractivity contribution in [1.29, 1.82) is 0 Å². The summed E-state index contributed by atoms with van der Waals surface area (Å²) in [6, 6.07) is 5.50. The van der Waals surface area contributed by atoms with Crippen molar-refractivity contribution < 1.29 is 27.5 Å². The number of nitrogens with zero attached hydrogens (tertiary/aromatic N) is 1. The van der Waals surface area contributed by atoms with Gasteiger partial charge in [0.15, 0.2) is 0 Å². The number of hydrogen-bond donors (Lipinski definition) is 2. The van der Waals surface area contributed by atoms with E-state index >= 15 is 0 Å². The summed E-state index contributed by atoms with van der Waals surface area (Å²) >= 11 is 0. The van der Waals surface area contributed by atoms with Crippen LogP contribution >= 0.6 is 0 Å². The maximum absolute atomic E-state index is 14.0. The maximum atomic E-state index is 14.0. The van der Waals surface area contributed by atoms with Crippen molar-refractivity contribution in [2.24, 2.45) is 0 Å². The van der Waals surface area contributed by atoms with Crippen LogP contribution in [0.15, 0.2) is 30.3 Å². The SMILES string of the molecule is Cc1cc(N(Cc2c(F)cccc2C(F)(F)F)C(=O)O)c(C)cc1N. The number of amides is 1. The van der Waals surface area contributed by atoms with Gasteiger partial charge in [0.1, 0.15) is 5.82 Å². The van der Waals surface area contributed by atoms with Crippen molar-refractivity contribution >= 4 is 17.5 Å². The molecule has 0 heterocycles. The van der Waals surface area contributed by atoms with Crippen LogP contribution in [0.1, 0.15) is 22.3 Å². The topological polar surface area (TPSA) is 66.6 Å². The normalized spacial score (nSPS) is 11.4. The third-order valence-electron chi connectivity index (χ3n) is 3.85. The van der Waals surface area contributed by atoms with E-state index in [1.165, 1.54) is 12.1 Å². The van der Waals surface area contributed by atoms with E-state index in [2.05, 4.69) is 0 Å². The third kappa shape index (κ3) is 3.84. The van der Waals surface area contributed by atoms with E-state index in [-0.39, 0.29) is 5.69 Å². The molecule has 0 aliphatic rings. The highest BCUT2D eigenvalue weighted by atomic mass is 19.4. The van der Waals surface area contributed by atoms with Crippen molar-refractivity contribution in [2.45, 2.75) is 26.6 Å². The first-order valence-corrected chi connectivity index (χ1v) is 7.24. The van der Waals surface area contributed by atoms with Crippen LogP contribution in [0, 0.1) is 19.7 Å². The zero-order valence-corrected chi connectivity index (χ0v) is 13.5. The predicted octanol–water partition coefficient (Wildman–Crippen LogP) is 4.73. The Balaban J connectivity index is 2.57. The van der Waals surface area contributed by atoms with Crippen LogP contribution < -0.4 is 10.6 Å². The Labute approximate surface area is 141 Å². The first-order chi connectivity index (χ1) is 11.5. The average Bonchev–Trinajstić information content (AvgIpc) is 2.48. The van der Waals surface area contributed by atoms with Crippen molar-refractivity contribution in [1.82, 2.24) is 0 Å². The molecule has 4 nitrogen and oxygen atoms in total. The highest BCUT2D eigenvalue weighted by Gasteiger charge is 2.35. The number of carbonyl (C=O) groups is 1. The summed E-state index contributed by atoms with van der Waals surface area (Å²) in [6.07, 6.45) is -6.29. The smallest absolute Gasteiger partial charge is 0.416 e. The standard InChI is InChI=1S/C17H16F4N2O2/c1-9-7-15(10(2)6-14(9)22)23(16(24)25)8-11-12(17(19,20)21)4-3-5-13(11)18/h3-7H,8,22H2,1-2H3,(H,24,25). The first-order valence-electron chi connectivity index (χ1n) is 7.24. The summed E-state index contributed by atoms with van der Waals surface area (Å²) in [5, 5.41) is 9.45. The lowest BCUT2D eigenvalue weighted by Crippen LogP contribution is -2.31. The van der Waals surface area contributed by atoms with Crippen LogP contribution in [0.3, 0.4) is 0 Å². The quantitative estimate of drug-likeness (QED) is 0.617. The molecule has 25 heavy (non-hydrogen) atoms. The molecule has 1 amide bonds. The number of halogens is 4. The molecule has 0 saturated heterocycles. The van der Waals surface area contributed by atoms with Gasteiger partial charge in [-0.15, -0.1) is 0 Å². The minimum absolute atomic E-state index is 0.149. The number of rotatable bonds is 3. The molecule has 2 rings (SSSR count). The Bertz CT molecular complexity index is 819. The van der Waals surface area contributed by atoms with Gasteiger partial charge in [-0.25, -0.2) is 9.18 Å². The molecule has 3 N–H and O–H groups in total. The molecular weight excluding hydrogens is 340 g/mol. The molecule has 0 aliphatic heterocycles. The number of anilines is 2. The summed E-state index contributed by atoms with van der Waals surface area (Å²) in [5.41, 5.74) is 5.41. The van der Waals surface area contributed by atoms with Gasteiger partial charge in [0.25, 0.3) is 0 Å². The number of nitrogens with two attached hydrogens (primary N) is 1. The second kappa shape index (κ2) is 6.62. The van der Waals surface area contributed by atoms with Crippen LogP contribution in [-0.4, -0.2) is 11.2 Å². The molecule has 0 unspecified atom stereocenters. The number of nitrogen functional groups attached to an aromatic ring is 1. The lowest BCUT2D eigenvalue weighted by molar-refractivity contribution is -0.138. The lowest BCUT2D eigenvalue weighted by atomic mass is 10.0. The minimum Gasteiger partial charge on any atom is -0.465 e. The molecule has 0 aliphatic carbocycles. The summed E-state index contributed by atoms with van der Waals surface area (Å²) < 4.78 is 53.4. The number of benzene rings is 2. The fraction of sp³-hybridized carbons (Fsp3) is 0.235. The lowest BCUT2D eigenvalue weighted by Gasteiger charge is -2.24. The maximum Gasteiger partial charge on any atom is 0.416 e. The fourth-order valence-electron chi connectivity index (χ4n) is 2.51. The molecule has 2 aromatic carbocycles. The molecule has 0 radical (unpaired) electrons. The summed E-state index contributed by atoms with van der Waals surface area (Å²) in [5.74, 6) is -1.12. The van der Waals surface area contributed by atoms with Crippen LogP contribution in [0.4, 0.5) is 33.7 Å². The first kappa shape index (κ1) is 18.6. The molecule has 0 fully saturated rings. The number of carboxylic acid groups (broad SMARTS) is 1. The molecule has 0 atom stereocenters. The summed E-state index contributed by atoms with van der Waals surface area (Å²) in [4.78, 5) is 12.3. The van der Waals surface area contributed by atoms with E-state index in [0.29, 0.717) is 21.7 Å². The third-order valence-corrected chi connectivity index (χ3v) is 3.85. The van der Waals surface area contributed by atoms with E-state index in [4.69, 9.17) is 5.73 Å². The Morgan fingerprint density at radius 2 is 1.84 bits per heavy atom. The Morgan fingerprint density at radius 3 is 2.40 bits per heavy atom. The van der Waals surface area contributed by atoms with Gasteiger partial charge in [-0.1, -0.05) is 6.07 Å². The van der Waals surface area contributed by atoms with Crippen molar-refractivity contribution in [3.8, 4) is 0 Å². The Morgan fingerprint density at radius 1 is 1.20 bits per heavy atom. The molecule has 0 aromatic heterocycles. The molecule has 134 valence electrons. The van der Waals surface area contributed by atoms with Crippen LogP contribution in [0.5, 0.6) is 0 Å².